The van der Waals surface area contributed by atoms with Gasteiger partial charge in [0.05, 0.1) is 11.5 Å². The zero-order valence-corrected chi connectivity index (χ0v) is 13.2. The summed E-state index contributed by atoms with van der Waals surface area (Å²) in [5, 5.41) is 10.0. The molecule has 1 heteroatoms. The van der Waals surface area contributed by atoms with E-state index >= 15 is 0 Å². The van der Waals surface area contributed by atoms with Gasteiger partial charge in [-0.2, -0.15) is 5.26 Å². The molecule has 0 amide bonds. The molecule has 0 radical (unpaired) electrons. The third kappa shape index (κ3) is 2.44. The molecule has 0 saturated heterocycles. The van der Waals surface area contributed by atoms with Crippen LogP contribution in [0, 0.1) is 17.2 Å². The number of benzene rings is 2. The molecule has 1 nitrogen and oxygen atoms in total. The maximum Gasteiger partial charge on any atom is 0.0928 e. The second-order valence-electron chi connectivity index (χ2n) is 6.34. The predicted octanol–water partition coefficient (Wildman–Crippen LogP) is 5.44. The topological polar surface area (TPSA) is 23.8 Å². The molecule has 0 aliphatic heterocycles. The molecule has 1 aliphatic carbocycles. The summed E-state index contributed by atoms with van der Waals surface area (Å²) in [6.07, 6.45) is 4.86. The first-order chi connectivity index (χ1) is 10.8. The van der Waals surface area contributed by atoms with Gasteiger partial charge >= 0.3 is 0 Å². The SMILES string of the molecule is CCCCCC1C(c2ccccc2)C1(C#N)c1ccccc1. The maximum absolute atomic E-state index is 10.0. The molecule has 3 atom stereocenters. The lowest BCUT2D eigenvalue weighted by Crippen LogP contribution is -2.08. The fraction of sp³-hybridized carbons (Fsp3) is 0.381. The van der Waals surface area contributed by atoms with Gasteiger partial charge < -0.3 is 0 Å². The molecular formula is C21H23N. The fourth-order valence-corrected chi connectivity index (χ4v) is 3.95. The largest absolute Gasteiger partial charge is 0.197 e. The summed E-state index contributed by atoms with van der Waals surface area (Å²) in [5.74, 6) is 0.798. The third-order valence-electron chi connectivity index (χ3n) is 5.08. The molecule has 0 heterocycles. The van der Waals surface area contributed by atoms with Crippen LogP contribution in [0.2, 0.25) is 0 Å². The summed E-state index contributed by atoms with van der Waals surface area (Å²) in [6, 6.07) is 23.7. The first-order valence-electron chi connectivity index (χ1n) is 8.36. The van der Waals surface area contributed by atoms with E-state index in [1.807, 2.05) is 6.07 Å². The summed E-state index contributed by atoms with van der Waals surface area (Å²) in [5.41, 5.74) is 2.18. The Morgan fingerprint density at radius 2 is 1.59 bits per heavy atom. The summed E-state index contributed by atoms with van der Waals surface area (Å²) < 4.78 is 0. The van der Waals surface area contributed by atoms with Crippen molar-refractivity contribution in [2.24, 2.45) is 5.92 Å². The van der Waals surface area contributed by atoms with Crippen LogP contribution in [0.3, 0.4) is 0 Å². The highest BCUT2D eigenvalue weighted by Gasteiger charge is 2.65. The molecule has 0 N–H and O–H groups in total. The van der Waals surface area contributed by atoms with Gasteiger partial charge in [0, 0.05) is 5.92 Å². The van der Waals surface area contributed by atoms with Crippen molar-refractivity contribution in [1.29, 1.82) is 5.26 Å². The molecular weight excluding hydrogens is 266 g/mol. The Kier molecular flexibility index (Phi) is 4.29. The Morgan fingerprint density at radius 1 is 0.955 bits per heavy atom. The van der Waals surface area contributed by atoms with Crippen LogP contribution in [-0.2, 0) is 5.41 Å². The minimum absolute atomic E-state index is 0.323. The van der Waals surface area contributed by atoms with E-state index in [0.717, 1.165) is 6.42 Å². The van der Waals surface area contributed by atoms with Crippen molar-refractivity contribution in [3.05, 3.63) is 71.8 Å². The first kappa shape index (κ1) is 14.9. The molecule has 0 spiro atoms. The standard InChI is InChI=1S/C21H23N/c1-2-3-6-15-19-20(17-11-7-4-8-12-17)21(19,16-22)18-13-9-5-10-14-18/h4-5,7-14,19-20H,2-3,6,15H2,1H3. The predicted molar refractivity (Wildman–Crippen MR) is 90.5 cm³/mol. The van der Waals surface area contributed by atoms with Crippen molar-refractivity contribution in [2.75, 3.05) is 0 Å². The fourth-order valence-electron chi connectivity index (χ4n) is 3.95. The molecule has 3 unspecified atom stereocenters. The lowest BCUT2D eigenvalue weighted by atomic mass is 9.91. The molecule has 3 rings (SSSR count). The Labute approximate surface area is 133 Å². The lowest BCUT2D eigenvalue weighted by molar-refractivity contribution is 0.584. The monoisotopic (exact) mass is 289 g/mol. The van der Waals surface area contributed by atoms with E-state index in [1.54, 1.807) is 0 Å². The molecule has 2 aromatic carbocycles. The second-order valence-corrected chi connectivity index (χ2v) is 6.34. The average Bonchev–Trinajstić information content (AvgIpc) is 3.25. The average molecular weight is 289 g/mol. The molecule has 22 heavy (non-hydrogen) atoms. The Bertz CT molecular complexity index is 641. The number of hydrogen-bond acceptors (Lipinski definition) is 1. The van der Waals surface area contributed by atoms with E-state index in [9.17, 15) is 5.26 Å². The first-order valence-corrected chi connectivity index (χ1v) is 8.36. The van der Waals surface area contributed by atoms with Crippen LogP contribution in [0.1, 0.15) is 49.7 Å². The van der Waals surface area contributed by atoms with Crippen molar-refractivity contribution < 1.29 is 0 Å². The van der Waals surface area contributed by atoms with Crippen LogP contribution in [-0.4, -0.2) is 0 Å². The van der Waals surface area contributed by atoms with E-state index < -0.39 is 0 Å². The van der Waals surface area contributed by atoms with Crippen molar-refractivity contribution in [1.82, 2.24) is 0 Å². The minimum Gasteiger partial charge on any atom is -0.197 e. The summed E-state index contributed by atoms with van der Waals surface area (Å²) in [4.78, 5) is 0. The number of hydrogen-bond donors (Lipinski definition) is 0. The highest BCUT2D eigenvalue weighted by Crippen LogP contribution is 2.67. The zero-order chi connectivity index (χ0) is 15.4. The van der Waals surface area contributed by atoms with Gasteiger partial charge in [0.1, 0.15) is 0 Å². The second kappa shape index (κ2) is 6.36. The van der Waals surface area contributed by atoms with E-state index in [1.165, 1.54) is 30.4 Å². The van der Waals surface area contributed by atoms with Crippen LogP contribution in [0.25, 0.3) is 0 Å². The van der Waals surface area contributed by atoms with Gasteiger partial charge in [0.25, 0.3) is 0 Å². The third-order valence-corrected chi connectivity index (χ3v) is 5.08. The van der Waals surface area contributed by atoms with Gasteiger partial charge in [-0.3, -0.25) is 0 Å². The highest BCUT2D eigenvalue weighted by atomic mass is 14.7. The van der Waals surface area contributed by atoms with Crippen molar-refractivity contribution >= 4 is 0 Å². The Hall–Kier alpha value is -2.07. The summed E-state index contributed by atoms with van der Waals surface area (Å²) in [7, 11) is 0. The minimum atomic E-state index is -0.323. The number of rotatable bonds is 6. The molecule has 1 fully saturated rings. The molecule has 1 aliphatic rings. The van der Waals surface area contributed by atoms with Gasteiger partial charge in [0.2, 0.25) is 0 Å². The highest BCUT2D eigenvalue weighted by molar-refractivity contribution is 5.51. The van der Waals surface area contributed by atoms with Crippen LogP contribution in [0.15, 0.2) is 60.7 Å². The molecule has 2 aromatic rings. The lowest BCUT2D eigenvalue weighted by Gasteiger charge is -2.10. The maximum atomic E-state index is 10.0. The van der Waals surface area contributed by atoms with E-state index in [-0.39, 0.29) is 5.41 Å². The number of nitrogens with zero attached hydrogens (tertiary/aromatic N) is 1. The normalized spacial score (nSPS) is 26.4. The summed E-state index contributed by atoms with van der Waals surface area (Å²) >= 11 is 0. The van der Waals surface area contributed by atoms with Crippen LogP contribution in [0.5, 0.6) is 0 Å². The number of unbranched alkanes of at least 4 members (excludes halogenated alkanes) is 2. The van der Waals surface area contributed by atoms with E-state index in [4.69, 9.17) is 0 Å². The Morgan fingerprint density at radius 3 is 2.18 bits per heavy atom. The van der Waals surface area contributed by atoms with Crippen molar-refractivity contribution in [3.8, 4) is 6.07 Å². The quantitative estimate of drug-likeness (QED) is 0.649. The molecule has 0 aromatic heterocycles. The van der Waals surface area contributed by atoms with Gasteiger partial charge in [-0.25, -0.2) is 0 Å². The summed E-state index contributed by atoms with van der Waals surface area (Å²) in [6.45, 7) is 2.23. The number of nitriles is 1. The molecule has 0 bridgehead atoms. The Balaban J connectivity index is 1.94. The van der Waals surface area contributed by atoms with Crippen LogP contribution < -0.4 is 0 Å². The van der Waals surface area contributed by atoms with Gasteiger partial charge in [-0.15, -0.1) is 0 Å². The van der Waals surface area contributed by atoms with Gasteiger partial charge in [-0.05, 0) is 23.5 Å². The molecule has 112 valence electrons. The van der Waals surface area contributed by atoms with Gasteiger partial charge in [0.15, 0.2) is 0 Å². The van der Waals surface area contributed by atoms with Gasteiger partial charge in [-0.1, -0.05) is 86.8 Å². The van der Waals surface area contributed by atoms with E-state index in [0.29, 0.717) is 11.8 Å². The van der Waals surface area contributed by atoms with Crippen LogP contribution >= 0.6 is 0 Å². The zero-order valence-electron chi connectivity index (χ0n) is 13.2. The smallest absolute Gasteiger partial charge is 0.0928 e. The molecule has 1 saturated carbocycles. The van der Waals surface area contributed by atoms with E-state index in [2.05, 4.69) is 67.6 Å². The van der Waals surface area contributed by atoms with Crippen LogP contribution in [0.4, 0.5) is 0 Å². The van der Waals surface area contributed by atoms with Crippen molar-refractivity contribution in [3.63, 3.8) is 0 Å². The van der Waals surface area contributed by atoms with Crippen molar-refractivity contribution in [2.45, 2.75) is 43.9 Å².